The van der Waals surface area contributed by atoms with Crippen molar-refractivity contribution in [3.8, 4) is 12.3 Å². The third-order valence-electron chi connectivity index (χ3n) is 3.87. The number of nitrogens with one attached hydrogen (secondary N) is 1. The first-order valence-electron chi connectivity index (χ1n) is 6.89. The van der Waals surface area contributed by atoms with Crippen molar-refractivity contribution in [1.82, 2.24) is 10.2 Å². The Morgan fingerprint density at radius 2 is 2.00 bits per heavy atom. The van der Waals surface area contributed by atoms with E-state index in [0.717, 1.165) is 12.1 Å². The van der Waals surface area contributed by atoms with Gasteiger partial charge in [-0.15, -0.1) is 6.42 Å². The molecule has 0 unspecified atom stereocenters. The van der Waals surface area contributed by atoms with Crippen molar-refractivity contribution in [2.45, 2.75) is 18.6 Å². The Bertz CT molecular complexity index is 647. The number of rotatable bonds is 3. The maximum atomic E-state index is 12.6. The van der Waals surface area contributed by atoms with Crippen LogP contribution in [0, 0.1) is 18.3 Å². The van der Waals surface area contributed by atoms with Crippen molar-refractivity contribution < 1.29 is 22.8 Å². The van der Waals surface area contributed by atoms with Crippen LogP contribution in [-0.2, 0) is 15.8 Å². The quantitative estimate of drug-likeness (QED) is 0.864. The summed E-state index contributed by atoms with van der Waals surface area (Å²) in [6.45, 7) is 0.0347. The van der Waals surface area contributed by atoms with Crippen molar-refractivity contribution >= 4 is 11.8 Å². The molecule has 1 N–H and O–H groups in total. The first-order valence-corrected chi connectivity index (χ1v) is 6.89. The number of terminal acetylenes is 1. The number of carbonyl (C=O) groups is 2. The molecule has 1 saturated heterocycles. The minimum absolute atomic E-state index is 0.00140. The van der Waals surface area contributed by atoms with Crippen LogP contribution in [0.1, 0.15) is 23.6 Å². The molecule has 2 amide bonds. The summed E-state index contributed by atoms with van der Waals surface area (Å²) in [5.41, 5.74) is -0.297. The minimum atomic E-state index is -4.43. The molecule has 1 aromatic carbocycles. The van der Waals surface area contributed by atoms with E-state index in [9.17, 15) is 22.8 Å². The lowest BCUT2D eigenvalue weighted by Crippen LogP contribution is -2.34. The van der Waals surface area contributed by atoms with Gasteiger partial charge in [0.15, 0.2) is 0 Å². The molecule has 1 heterocycles. The summed E-state index contributed by atoms with van der Waals surface area (Å²) in [4.78, 5) is 25.4. The van der Waals surface area contributed by atoms with E-state index >= 15 is 0 Å². The highest BCUT2D eigenvalue weighted by molar-refractivity contribution is 5.90. The smallest absolute Gasteiger partial charge is 0.345 e. The SMILES string of the molecule is C#CCNC(=O)[C@@H]1CC(=O)N(C)[C@@H]1c1ccc(C(F)(F)F)cc1. The number of benzene rings is 1. The van der Waals surface area contributed by atoms with Crippen LogP contribution >= 0.6 is 0 Å². The van der Waals surface area contributed by atoms with Crippen LogP contribution in [0.4, 0.5) is 13.2 Å². The third-order valence-corrected chi connectivity index (χ3v) is 3.87. The summed E-state index contributed by atoms with van der Waals surface area (Å²) in [7, 11) is 1.53. The summed E-state index contributed by atoms with van der Waals surface area (Å²) in [5, 5.41) is 2.52. The number of halogens is 3. The van der Waals surface area contributed by atoms with Crippen molar-refractivity contribution in [3.63, 3.8) is 0 Å². The van der Waals surface area contributed by atoms with Gasteiger partial charge in [0.25, 0.3) is 0 Å². The minimum Gasteiger partial charge on any atom is -0.345 e. The normalized spacial score (nSPS) is 21.2. The van der Waals surface area contributed by atoms with Gasteiger partial charge in [0.05, 0.1) is 24.1 Å². The third kappa shape index (κ3) is 3.47. The number of alkyl halides is 3. The highest BCUT2D eigenvalue weighted by atomic mass is 19.4. The maximum absolute atomic E-state index is 12.6. The van der Waals surface area contributed by atoms with Gasteiger partial charge in [-0.3, -0.25) is 9.59 Å². The summed E-state index contributed by atoms with van der Waals surface area (Å²) < 4.78 is 37.9. The van der Waals surface area contributed by atoms with Crippen LogP contribution < -0.4 is 5.32 Å². The summed E-state index contributed by atoms with van der Waals surface area (Å²) in [6.07, 6.45) is 0.652. The highest BCUT2D eigenvalue weighted by Gasteiger charge is 2.42. The fourth-order valence-corrected chi connectivity index (χ4v) is 2.70. The average Bonchev–Trinajstić information content (AvgIpc) is 2.80. The molecule has 0 aromatic heterocycles. The summed E-state index contributed by atoms with van der Waals surface area (Å²) in [6, 6.07) is 3.88. The van der Waals surface area contributed by atoms with Gasteiger partial charge >= 0.3 is 6.18 Å². The van der Waals surface area contributed by atoms with Gasteiger partial charge in [-0.05, 0) is 17.7 Å². The van der Waals surface area contributed by atoms with Gasteiger partial charge in [-0.2, -0.15) is 13.2 Å². The van der Waals surface area contributed by atoms with Crippen molar-refractivity contribution in [3.05, 3.63) is 35.4 Å². The first-order chi connectivity index (χ1) is 10.8. The van der Waals surface area contributed by atoms with Crippen LogP contribution in [0.15, 0.2) is 24.3 Å². The molecule has 7 heteroatoms. The predicted molar refractivity (Wildman–Crippen MR) is 76.9 cm³/mol. The lowest BCUT2D eigenvalue weighted by Gasteiger charge is -2.25. The Hall–Kier alpha value is -2.49. The molecule has 2 atom stereocenters. The Balaban J connectivity index is 2.28. The zero-order valence-corrected chi connectivity index (χ0v) is 12.4. The molecule has 122 valence electrons. The number of amides is 2. The molecule has 0 bridgehead atoms. The second-order valence-corrected chi connectivity index (χ2v) is 5.30. The number of carbonyl (C=O) groups excluding carboxylic acids is 2. The maximum Gasteiger partial charge on any atom is 0.416 e. The van der Waals surface area contributed by atoms with Crippen molar-refractivity contribution in [2.75, 3.05) is 13.6 Å². The van der Waals surface area contributed by atoms with Crippen LogP contribution in [0.2, 0.25) is 0 Å². The van der Waals surface area contributed by atoms with Gasteiger partial charge in [-0.25, -0.2) is 0 Å². The largest absolute Gasteiger partial charge is 0.416 e. The topological polar surface area (TPSA) is 49.4 Å². The number of hydrogen-bond donors (Lipinski definition) is 1. The molecule has 23 heavy (non-hydrogen) atoms. The molecule has 2 rings (SSSR count). The molecule has 0 aliphatic carbocycles. The Morgan fingerprint density at radius 1 is 1.39 bits per heavy atom. The van der Waals surface area contributed by atoms with Crippen molar-refractivity contribution in [2.24, 2.45) is 5.92 Å². The van der Waals surface area contributed by atoms with Crippen LogP contribution in [0.5, 0.6) is 0 Å². The van der Waals surface area contributed by atoms with Crippen LogP contribution in [-0.4, -0.2) is 30.3 Å². The zero-order chi connectivity index (χ0) is 17.2. The first kappa shape index (κ1) is 16.9. The second kappa shape index (κ2) is 6.32. The molecule has 0 radical (unpaired) electrons. The van der Waals surface area contributed by atoms with E-state index in [4.69, 9.17) is 6.42 Å². The fourth-order valence-electron chi connectivity index (χ4n) is 2.70. The number of hydrogen-bond acceptors (Lipinski definition) is 2. The van der Waals surface area contributed by atoms with Crippen LogP contribution in [0.3, 0.4) is 0 Å². The molecular formula is C16H15F3N2O2. The summed E-state index contributed by atoms with van der Waals surface area (Å²) in [5.74, 6) is 0.961. The number of likely N-dealkylation sites (tertiary alicyclic amines) is 1. The van der Waals surface area contributed by atoms with Gasteiger partial charge in [0, 0.05) is 13.5 Å². The molecule has 0 spiro atoms. The molecule has 1 aliphatic heterocycles. The molecule has 4 nitrogen and oxygen atoms in total. The van der Waals surface area contributed by atoms with E-state index in [1.165, 1.54) is 24.1 Å². The van der Waals surface area contributed by atoms with Crippen molar-refractivity contribution in [1.29, 1.82) is 0 Å². The summed E-state index contributed by atoms with van der Waals surface area (Å²) >= 11 is 0. The number of nitrogens with zero attached hydrogens (tertiary/aromatic N) is 1. The van der Waals surface area contributed by atoms with E-state index in [2.05, 4.69) is 11.2 Å². The zero-order valence-electron chi connectivity index (χ0n) is 12.4. The Kier molecular flexibility index (Phi) is 4.64. The molecular weight excluding hydrogens is 309 g/mol. The Labute approximate surface area is 131 Å². The van der Waals surface area contributed by atoms with E-state index in [-0.39, 0.29) is 24.8 Å². The van der Waals surface area contributed by atoms with E-state index in [1.54, 1.807) is 0 Å². The van der Waals surface area contributed by atoms with Gasteiger partial charge in [0.2, 0.25) is 11.8 Å². The van der Waals surface area contributed by atoms with Gasteiger partial charge < -0.3 is 10.2 Å². The predicted octanol–water partition coefficient (Wildman–Crippen LogP) is 1.97. The molecule has 1 fully saturated rings. The highest BCUT2D eigenvalue weighted by Crippen LogP contribution is 2.38. The monoisotopic (exact) mass is 324 g/mol. The molecule has 1 aliphatic rings. The lowest BCUT2D eigenvalue weighted by atomic mass is 9.92. The van der Waals surface area contributed by atoms with E-state index in [0.29, 0.717) is 5.56 Å². The van der Waals surface area contributed by atoms with E-state index in [1.807, 2.05) is 0 Å². The second-order valence-electron chi connectivity index (χ2n) is 5.30. The van der Waals surface area contributed by atoms with Crippen LogP contribution in [0.25, 0.3) is 0 Å². The molecule has 0 saturated carbocycles. The van der Waals surface area contributed by atoms with E-state index < -0.39 is 23.7 Å². The average molecular weight is 324 g/mol. The molecule has 1 aromatic rings. The fraction of sp³-hybridized carbons (Fsp3) is 0.375. The van der Waals surface area contributed by atoms with Gasteiger partial charge in [0.1, 0.15) is 0 Å². The van der Waals surface area contributed by atoms with Gasteiger partial charge in [-0.1, -0.05) is 18.1 Å². The standard InChI is InChI=1S/C16H15F3N2O2/c1-3-8-20-15(23)12-9-13(22)21(2)14(12)10-4-6-11(7-5-10)16(17,18)19/h1,4-7,12,14H,8-9H2,2H3,(H,20,23)/t12-,14-/m1/s1. The Morgan fingerprint density at radius 3 is 2.52 bits per heavy atom. The lowest BCUT2D eigenvalue weighted by molar-refractivity contribution is -0.137.